The molecule has 2 rings (SSSR count). The molecule has 7 nitrogen and oxygen atoms in total. The molecule has 0 heterocycles. The van der Waals surface area contributed by atoms with Crippen LogP contribution >= 0.6 is 0 Å². The number of amides is 1. The standard InChI is InChI=1S/C21H25NO6/c1-4-27-20(21(24)22-26-3)12-15-8-10-17(11-9-15)28-14-19(23)16-6-5-7-18(13-16)25-2/h5-11,13,20H,4,12,14H2,1-3H3,(H,22,24). The Morgan fingerprint density at radius 3 is 2.43 bits per heavy atom. The van der Waals surface area contributed by atoms with E-state index in [1.807, 2.05) is 19.1 Å². The lowest BCUT2D eigenvalue weighted by atomic mass is 10.1. The lowest BCUT2D eigenvalue weighted by Gasteiger charge is -2.16. The van der Waals surface area contributed by atoms with E-state index < -0.39 is 6.10 Å². The first-order valence-corrected chi connectivity index (χ1v) is 8.90. The first-order valence-electron chi connectivity index (χ1n) is 8.90. The summed E-state index contributed by atoms with van der Waals surface area (Å²) >= 11 is 0. The van der Waals surface area contributed by atoms with Crippen LogP contribution < -0.4 is 15.0 Å². The van der Waals surface area contributed by atoms with Crippen molar-refractivity contribution in [3.8, 4) is 11.5 Å². The highest BCUT2D eigenvalue weighted by atomic mass is 16.6. The average Bonchev–Trinajstić information content (AvgIpc) is 2.72. The Morgan fingerprint density at radius 1 is 1.04 bits per heavy atom. The molecular formula is C21H25NO6. The first-order chi connectivity index (χ1) is 13.6. The number of methoxy groups -OCH3 is 1. The molecule has 28 heavy (non-hydrogen) atoms. The summed E-state index contributed by atoms with van der Waals surface area (Å²) in [4.78, 5) is 28.8. The van der Waals surface area contributed by atoms with Gasteiger partial charge in [-0.25, -0.2) is 5.48 Å². The molecular weight excluding hydrogens is 362 g/mol. The zero-order valence-corrected chi connectivity index (χ0v) is 16.3. The maximum absolute atomic E-state index is 12.3. The molecule has 7 heteroatoms. The SMILES string of the molecule is CCOC(Cc1ccc(OCC(=O)c2cccc(OC)c2)cc1)C(=O)NOC. The highest BCUT2D eigenvalue weighted by molar-refractivity contribution is 5.97. The van der Waals surface area contributed by atoms with Crippen molar-refractivity contribution >= 4 is 11.7 Å². The fourth-order valence-corrected chi connectivity index (χ4v) is 2.56. The molecule has 0 radical (unpaired) electrons. The molecule has 1 unspecified atom stereocenters. The van der Waals surface area contributed by atoms with Crippen LogP contribution in [0.5, 0.6) is 11.5 Å². The molecule has 1 N–H and O–H groups in total. The summed E-state index contributed by atoms with van der Waals surface area (Å²) in [6.45, 7) is 2.16. The van der Waals surface area contributed by atoms with Crippen LogP contribution in [0.2, 0.25) is 0 Å². The van der Waals surface area contributed by atoms with Crippen molar-refractivity contribution < 1.29 is 28.6 Å². The van der Waals surface area contributed by atoms with Crippen LogP contribution in [-0.2, 0) is 20.8 Å². The van der Waals surface area contributed by atoms with Gasteiger partial charge < -0.3 is 14.2 Å². The first kappa shape index (κ1) is 21.4. The number of carbonyl (C=O) groups excluding carboxylic acids is 2. The number of benzene rings is 2. The summed E-state index contributed by atoms with van der Waals surface area (Å²) in [6.07, 6.45) is -0.252. The topological polar surface area (TPSA) is 83.1 Å². The van der Waals surface area contributed by atoms with Gasteiger partial charge in [0.1, 0.15) is 17.6 Å². The Balaban J connectivity index is 1.92. The zero-order valence-electron chi connectivity index (χ0n) is 16.3. The molecule has 1 amide bonds. The van der Waals surface area contributed by atoms with E-state index in [1.165, 1.54) is 7.11 Å². The lowest BCUT2D eigenvalue weighted by molar-refractivity contribution is -0.143. The second-order valence-corrected chi connectivity index (χ2v) is 5.91. The molecule has 0 aliphatic carbocycles. The number of rotatable bonds is 11. The number of ether oxygens (including phenoxy) is 3. The van der Waals surface area contributed by atoms with E-state index in [-0.39, 0.29) is 18.3 Å². The number of Topliss-reactive ketones (excluding diaryl/α,β-unsaturated/α-hetero) is 1. The minimum Gasteiger partial charge on any atom is -0.497 e. The summed E-state index contributed by atoms with van der Waals surface area (Å²) in [7, 11) is 2.93. The third-order valence-electron chi connectivity index (χ3n) is 3.97. The Morgan fingerprint density at radius 2 is 1.79 bits per heavy atom. The van der Waals surface area contributed by atoms with E-state index >= 15 is 0 Å². The van der Waals surface area contributed by atoms with E-state index in [2.05, 4.69) is 10.3 Å². The predicted octanol–water partition coefficient (Wildman–Crippen LogP) is 2.58. The molecule has 2 aromatic carbocycles. The molecule has 2 aromatic rings. The number of nitrogens with one attached hydrogen (secondary N) is 1. The van der Waals surface area contributed by atoms with Gasteiger partial charge in [-0.1, -0.05) is 24.3 Å². The molecule has 0 aliphatic heterocycles. The fraction of sp³-hybridized carbons (Fsp3) is 0.333. The zero-order chi connectivity index (χ0) is 20.4. The smallest absolute Gasteiger partial charge is 0.272 e. The number of hydrogen-bond acceptors (Lipinski definition) is 6. The van der Waals surface area contributed by atoms with Crippen molar-refractivity contribution in [2.24, 2.45) is 0 Å². The highest BCUT2D eigenvalue weighted by Crippen LogP contribution is 2.16. The molecule has 150 valence electrons. The van der Waals surface area contributed by atoms with E-state index in [0.29, 0.717) is 30.1 Å². The van der Waals surface area contributed by atoms with Crippen molar-refractivity contribution in [2.75, 3.05) is 27.4 Å². The van der Waals surface area contributed by atoms with Gasteiger partial charge in [-0.15, -0.1) is 0 Å². The van der Waals surface area contributed by atoms with Crippen LogP contribution in [-0.4, -0.2) is 45.2 Å². The van der Waals surface area contributed by atoms with Gasteiger partial charge >= 0.3 is 0 Å². The molecule has 1 atom stereocenters. The summed E-state index contributed by atoms with van der Waals surface area (Å²) in [5.41, 5.74) is 3.71. The number of ketones is 1. The van der Waals surface area contributed by atoms with Crippen LogP contribution in [0.25, 0.3) is 0 Å². The second-order valence-electron chi connectivity index (χ2n) is 5.91. The maximum atomic E-state index is 12.3. The van der Waals surface area contributed by atoms with Gasteiger partial charge in [-0.2, -0.15) is 0 Å². The van der Waals surface area contributed by atoms with Crippen molar-refractivity contribution in [3.63, 3.8) is 0 Å². The van der Waals surface area contributed by atoms with Crippen LogP contribution in [0.4, 0.5) is 0 Å². The van der Waals surface area contributed by atoms with Gasteiger partial charge in [0, 0.05) is 18.6 Å². The maximum Gasteiger partial charge on any atom is 0.272 e. The van der Waals surface area contributed by atoms with Crippen LogP contribution in [0.3, 0.4) is 0 Å². The lowest BCUT2D eigenvalue weighted by Crippen LogP contribution is -2.37. The molecule has 0 fully saturated rings. The molecule has 0 aromatic heterocycles. The highest BCUT2D eigenvalue weighted by Gasteiger charge is 2.19. The van der Waals surface area contributed by atoms with Crippen LogP contribution in [0.1, 0.15) is 22.8 Å². The molecule has 0 saturated heterocycles. The van der Waals surface area contributed by atoms with Crippen LogP contribution in [0.15, 0.2) is 48.5 Å². The van der Waals surface area contributed by atoms with E-state index in [0.717, 1.165) is 5.56 Å². The average molecular weight is 387 g/mol. The summed E-state index contributed by atoms with van der Waals surface area (Å²) < 4.78 is 16.1. The van der Waals surface area contributed by atoms with Gasteiger partial charge in [-0.3, -0.25) is 14.4 Å². The van der Waals surface area contributed by atoms with Gasteiger partial charge in [0.2, 0.25) is 0 Å². The minimum atomic E-state index is -0.647. The van der Waals surface area contributed by atoms with E-state index in [9.17, 15) is 9.59 Å². The van der Waals surface area contributed by atoms with Gasteiger partial charge in [-0.05, 0) is 36.8 Å². The minimum absolute atomic E-state index is 0.0790. The number of carbonyl (C=O) groups is 2. The van der Waals surface area contributed by atoms with Crippen LogP contribution in [0, 0.1) is 0 Å². The summed E-state index contributed by atoms with van der Waals surface area (Å²) in [5.74, 6) is 0.704. The van der Waals surface area contributed by atoms with Crippen molar-refractivity contribution in [1.29, 1.82) is 0 Å². The third kappa shape index (κ3) is 6.37. The summed E-state index contributed by atoms with van der Waals surface area (Å²) in [5, 5.41) is 0. The van der Waals surface area contributed by atoms with Gasteiger partial charge in [0.15, 0.2) is 12.4 Å². The Hall–Kier alpha value is -2.90. The second kappa shape index (κ2) is 11.1. The third-order valence-corrected chi connectivity index (χ3v) is 3.97. The normalized spacial score (nSPS) is 11.5. The van der Waals surface area contributed by atoms with E-state index in [4.69, 9.17) is 14.2 Å². The predicted molar refractivity (Wildman–Crippen MR) is 104 cm³/mol. The van der Waals surface area contributed by atoms with Crippen molar-refractivity contribution in [2.45, 2.75) is 19.4 Å². The molecule has 0 spiro atoms. The molecule has 0 aliphatic rings. The Kier molecular flexibility index (Phi) is 8.45. The number of hydrogen-bond donors (Lipinski definition) is 1. The fourth-order valence-electron chi connectivity index (χ4n) is 2.56. The summed E-state index contributed by atoms with van der Waals surface area (Å²) in [6, 6.07) is 14.1. The number of hydroxylamine groups is 1. The Bertz CT molecular complexity index is 775. The monoisotopic (exact) mass is 387 g/mol. The Labute approximate surface area is 164 Å². The van der Waals surface area contributed by atoms with Gasteiger partial charge in [0.05, 0.1) is 14.2 Å². The van der Waals surface area contributed by atoms with Gasteiger partial charge in [0.25, 0.3) is 5.91 Å². The largest absolute Gasteiger partial charge is 0.497 e. The van der Waals surface area contributed by atoms with E-state index in [1.54, 1.807) is 43.5 Å². The quantitative estimate of drug-likeness (QED) is 0.471. The van der Waals surface area contributed by atoms with Crippen molar-refractivity contribution in [3.05, 3.63) is 59.7 Å². The molecule has 0 bridgehead atoms. The molecule has 0 saturated carbocycles. The van der Waals surface area contributed by atoms with Crippen molar-refractivity contribution in [1.82, 2.24) is 5.48 Å².